The topological polar surface area (TPSA) is 130 Å². The Bertz CT molecular complexity index is 2210. The molecule has 0 radical (unpaired) electrons. The lowest BCUT2D eigenvalue weighted by atomic mass is 9.77. The molecule has 3 aromatic heterocycles. The number of rotatable bonds is 7. The summed E-state index contributed by atoms with van der Waals surface area (Å²) in [4.78, 5) is 43.0. The van der Waals surface area contributed by atoms with Gasteiger partial charge in [0.25, 0.3) is 5.91 Å². The van der Waals surface area contributed by atoms with Crippen molar-refractivity contribution in [3.8, 4) is 34.1 Å². The number of carbonyl (C=O) groups excluding carboxylic acids is 2. The minimum atomic E-state index is -0.162. The number of nitrogen functional groups attached to an aromatic ring is 1. The fourth-order valence-electron chi connectivity index (χ4n) is 7.48. The van der Waals surface area contributed by atoms with E-state index in [2.05, 4.69) is 50.8 Å². The van der Waals surface area contributed by atoms with Crippen molar-refractivity contribution in [3.63, 3.8) is 0 Å². The summed E-state index contributed by atoms with van der Waals surface area (Å²) in [6.45, 7) is 4.21. The third kappa shape index (κ3) is 5.88. The molecule has 1 spiro atoms. The highest BCUT2D eigenvalue weighted by atomic mass is 16.3. The van der Waals surface area contributed by atoms with E-state index in [0.717, 1.165) is 72.6 Å². The second kappa shape index (κ2) is 12.9. The van der Waals surface area contributed by atoms with Crippen molar-refractivity contribution < 1.29 is 14.7 Å². The Labute approximate surface area is 289 Å². The molecule has 6 aromatic rings. The number of carbonyl (C=O) groups is 2. The third-order valence-electron chi connectivity index (χ3n) is 10.3. The number of aromatic nitrogens is 4. The zero-order valence-electron chi connectivity index (χ0n) is 27.6. The Morgan fingerprint density at radius 2 is 1.66 bits per heavy atom. The van der Waals surface area contributed by atoms with Gasteiger partial charge < -0.3 is 15.7 Å². The number of phenolic OH excluding ortho intramolecular Hbond substituents is 1. The molecule has 2 aliphatic rings. The van der Waals surface area contributed by atoms with Crippen LogP contribution in [0.5, 0.6) is 5.75 Å². The van der Waals surface area contributed by atoms with E-state index >= 15 is 0 Å². The van der Waals surface area contributed by atoms with Crippen LogP contribution in [-0.2, 0) is 6.54 Å². The number of pyridine rings is 2. The van der Waals surface area contributed by atoms with Gasteiger partial charge >= 0.3 is 0 Å². The van der Waals surface area contributed by atoms with Crippen LogP contribution in [0.1, 0.15) is 45.5 Å². The van der Waals surface area contributed by atoms with Crippen molar-refractivity contribution in [2.75, 3.05) is 31.9 Å². The number of fused-ring (bicyclic) bond motifs is 1. The number of likely N-dealkylation sites (tertiary alicyclic amines) is 2. The number of imidazole rings is 1. The molecule has 10 heteroatoms. The molecule has 250 valence electrons. The number of nitrogens with two attached hydrogens (primary N) is 1. The van der Waals surface area contributed by atoms with Crippen molar-refractivity contribution in [1.29, 1.82) is 0 Å². The summed E-state index contributed by atoms with van der Waals surface area (Å²) in [5.74, 6) is 0.838. The Balaban J connectivity index is 0.991. The highest BCUT2D eigenvalue weighted by Gasteiger charge is 2.41. The van der Waals surface area contributed by atoms with Crippen molar-refractivity contribution in [3.05, 3.63) is 120 Å². The fraction of sp³-hybridized carbons (Fsp3) is 0.225. The maximum absolute atomic E-state index is 13.1. The number of anilines is 1. The first kappa shape index (κ1) is 31.4. The van der Waals surface area contributed by atoms with E-state index in [-0.39, 0.29) is 22.6 Å². The lowest BCUT2D eigenvalue weighted by molar-refractivity contribution is 0.0587. The van der Waals surface area contributed by atoms with Gasteiger partial charge in [-0.3, -0.25) is 19.1 Å². The van der Waals surface area contributed by atoms with Gasteiger partial charge in [0, 0.05) is 49.2 Å². The van der Waals surface area contributed by atoms with E-state index < -0.39 is 0 Å². The second-order valence-electron chi connectivity index (χ2n) is 13.4. The summed E-state index contributed by atoms with van der Waals surface area (Å²) in [6, 6.07) is 31.0. The molecule has 10 nitrogen and oxygen atoms in total. The lowest BCUT2D eigenvalue weighted by Gasteiger charge is -2.39. The summed E-state index contributed by atoms with van der Waals surface area (Å²) in [5, 5.41) is 10.1. The molecule has 1 amide bonds. The highest BCUT2D eigenvalue weighted by Crippen LogP contribution is 2.41. The van der Waals surface area contributed by atoms with Crippen molar-refractivity contribution in [1.82, 2.24) is 29.3 Å². The first-order valence-corrected chi connectivity index (χ1v) is 16.9. The van der Waals surface area contributed by atoms with Gasteiger partial charge in [0.15, 0.2) is 17.8 Å². The minimum absolute atomic E-state index is 0.103. The van der Waals surface area contributed by atoms with Crippen molar-refractivity contribution in [2.45, 2.75) is 25.8 Å². The average molecular weight is 664 g/mol. The van der Waals surface area contributed by atoms with Gasteiger partial charge in [-0.25, -0.2) is 15.0 Å². The Hall–Kier alpha value is -5.87. The van der Waals surface area contributed by atoms with Crippen LogP contribution >= 0.6 is 0 Å². The summed E-state index contributed by atoms with van der Waals surface area (Å²) in [5.41, 5.74) is 13.5. The summed E-state index contributed by atoms with van der Waals surface area (Å²) in [7, 11) is 0. The van der Waals surface area contributed by atoms with Crippen LogP contribution in [0, 0.1) is 5.41 Å². The van der Waals surface area contributed by atoms with Crippen LogP contribution in [0.15, 0.2) is 103 Å². The molecule has 0 aliphatic carbocycles. The molecule has 3 aromatic carbocycles. The molecule has 0 atom stereocenters. The normalized spacial score (nSPS) is 15.9. The number of piperidine rings is 1. The van der Waals surface area contributed by atoms with Crippen molar-refractivity contribution in [2.24, 2.45) is 5.41 Å². The number of aldehydes is 1. The van der Waals surface area contributed by atoms with Crippen LogP contribution in [0.3, 0.4) is 0 Å². The number of aromatic hydroxyl groups is 1. The Morgan fingerprint density at radius 1 is 0.880 bits per heavy atom. The molecule has 0 unspecified atom stereocenters. The molecule has 5 heterocycles. The quantitative estimate of drug-likeness (QED) is 0.188. The second-order valence-corrected chi connectivity index (χ2v) is 13.4. The van der Waals surface area contributed by atoms with Crippen molar-refractivity contribution >= 4 is 29.2 Å². The van der Waals surface area contributed by atoms with E-state index in [1.54, 1.807) is 12.3 Å². The first-order chi connectivity index (χ1) is 24.4. The molecular weight excluding hydrogens is 626 g/mol. The molecule has 0 bridgehead atoms. The smallest absolute Gasteiger partial charge is 0.253 e. The monoisotopic (exact) mass is 663 g/mol. The summed E-state index contributed by atoms with van der Waals surface area (Å²) < 4.78 is 2.07. The van der Waals surface area contributed by atoms with Gasteiger partial charge in [0.05, 0.1) is 16.8 Å². The van der Waals surface area contributed by atoms with E-state index in [1.165, 1.54) is 17.7 Å². The Morgan fingerprint density at radius 3 is 2.40 bits per heavy atom. The van der Waals surface area contributed by atoms with Crippen LogP contribution < -0.4 is 5.73 Å². The SMILES string of the molecule is Nc1ncccc1-c1nc2ccc(-c3ccccc3)nc2n1-c1ccc(CN2CCC3(CCN(C(=O)c4ccc(C=O)c(O)c4)CC3)C2)cc1. The van der Waals surface area contributed by atoms with Crippen LogP contribution in [0.2, 0.25) is 0 Å². The predicted octanol–water partition coefficient (Wildman–Crippen LogP) is 6.38. The minimum Gasteiger partial charge on any atom is -0.507 e. The molecule has 2 saturated heterocycles. The fourth-order valence-corrected chi connectivity index (χ4v) is 7.48. The van der Waals surface area contributed by atoms with Gasteiger partial charge in [-0.15, -0.1) is 0 Å². The number of benzene rings is 3. The predicted molar refractivity (Wildman–Crippen MR) is 193 cm³/mol. The summed E-state index contributed by atoms with van der Waals surface area (Å²) in [6.07, 6.45) is 5.26. The molecule has 2 aliphatic heterocycles. The molecule has 3 N–H and O–H groups in total. The standard InChI is InChI=1S/C40H37N7O3/c41-36-32(7-4-19-42-36)37-44-34-15-14-33(28-5-2-1-3-6-28)43-38(34)47(37)31-12-8-27(9-13-31)24-45-20-16-40(26-45)17-21-46(22-18-40)39(50)29-10-11-30(25-48)35(49)23-29/h1-15,19,23,25,49H,16-18,20-22,24,26H2,(H2,41,42). The van der Waals surface area contributed by atoms with Gasteiger partial charge in [-0.1, -0.05) is 42.5 Å². The maximum Gasteiger partial charge on any atom is 0.253 e. The first-order valence-electron chi connectivity index (χ1n) is 16.9. The number of nitrogens with zero attached hydrogens (tertiary/aromatic N) is 6. The molecule has 50 heavy (non-hydrogen) atoms. The van der Waals surface area contributed by atoms with E-state index in [1.807, 2.05) is 47.4 Å². The van der Waals surface area contributed by atoms with E-state index in [4.69, 9.17) is 15.7 Å². The van der Waals surface area contributed by atoms with Gasteiger partial charge in [0.2, 0.25) is 0 Å². The maximum atomic E-state index is 13.1. The summed E-state index contributed by atoms with van der Waals surface area (Å²) >= 11 is 0. The largest absolute Gasteiger partial charge is 0.507 e. The number of hydrogen-bond acceptors (Lipinski definition) is 8. The van der Waals surface area contributed by atoms with Gasteiger partial charge in [-0.05, 0) is 91.4 Å². The highest BCUT2D eigenvalue weighted by molar-refractivity contribution is 5.96. The average Bonchev–Trinajstić information content (AvgIpc) is 3.73. The molecular formula is C40H37N7O3. The van der Waals surface area contributed by atoms with Crippen LogP contribution in [0.4, 0.5) is 5.82 Å². The molecule has 0 saturated carbocycles. The third-order valence-corrected chi connectivity index (χ3v) is 10.3. The lowest BCUT2D eigenvalue weighted by Crippen LogP contribution is -2.44. The zero-order chi connectivity index (χ0) is 34.2. The van der Waals surface area contributed by atoms with Crippen LogP contribution in [-0.4, -0.2) is 72.8 Å². The molecule has 2 fully saturated rings. The van der Waals surface area contributed by atoms with E-state index in [0.29, 0.717) is 36.6 Å². The van der Waals surface area contributed by atoms with Gasteiger partial charge in [-0.2, -0.15) is 0 Å². The Kier molecular flexibility index (Phi) is 8.08. The zero-order valence-corrected chi connectivity index (χ0v) is 27.6. The van der Waals surface area contributed by atoms with E-state index in [9.17, 15) is 14.7 Å². The molecule has 8 rings (SSSR count). The van der Waals surface area contributed by atoms with Gasteiger partial charge in [0.1, 0.15) is 17.1 Å². The van der Waals surface area contributed by atoms with Crippen LogP contribution in [0.25, 0.3) is 39.5 Å². The number of phenols is 1. The number of hydrogen-bond donors (Lipinski definition) is 2. The number of amides is 1.